The average molecular weight is 213 g/mol. The number of nitrogens with one attached hydrogen (secondary N) is 2. The van der Waals surface area contributed by atoms with E-state index in [9.17, 15) is 0 Å². The van der Waals surface area contributed by atoms with Gasteiger partial charge in [0, 0.05) is 5.69 Å². The van der Waals surface area contributed by atoms with E-state index in [0.717, 1.165) is 5.69 Å². The van der Waals surface area contributed by atoms with Crippen molar-refractivity contribution in [3.63, 3.8) is 0 Å². The van der Waals surface area contributed by atoms with Gasteiger partial charge in [-0.25, -0.2) is 0 Å². The minimum atomic E-state index is 0.285. The molecule has 0 heterocycles. The number of anilines is 1. The lowest BCUT2D eigenvalue weighted by atomic mass is 10.1. The van der Waals surface area contributed by atoms with Gasteiger partial charge in [0.15, 0.2) is 0 Å². The largest absolute Gasteiger partial charge is 0.399 e. The lowest BCUT2D eigenvalue weighted by molar-refractivity contribution is 1.47. The first kappa shape index (κ1) is 11.9. The van der Waals surface area contributed by atoms with Crippen LogP contribution in [0.2, 0.25) is 0 Å². The van der Waals surface area contributed by atoms with E-state index in [0.29, 0.717) is 0 Å². The Morgan fingerprint density at radius 2 is 1.56 bits per heavy atom. The van der Waals surface area contributed by atoms with Crippen molar-refractivity contribution in [2.24, 2.45) is 0 Å². The first-order chi connectivity index (χ1) is 7.59. The summed E-state index contributed by atoms with van der Waals surface area (Å²) in [6.45, 7) is 2.02. The molecule has 16 heavy (non-hydrogen) atoms. The molecule has 0 amide bonds. The van der Waals surface area contributed by atoms with Crippen molar-refractivity contribution in [3.05, 3.63) is 54.1 Å². The lowest BCUT2D eigenvalue weighted by Crippen LogP contribution is -2.06. The van der Waals surface area contributed by atoms with Gasteiger partial charge in [-0.1, -0.05) is 24.3 Å². The standard InChI is InChI=1S/C7H9N.C6H6N2/c1-6-3-2-4-7(8)5-6;7-5-3-1-2-4-6(5)8/h2-5H,8H2,1H3;1-4,7-8H. The summed E-state index contributed by atoms with van der Waals surface area (Å²) in [5.74, 6) is 0. The van der Waals surface area contributed by atoms with Crippen molar-refractivity contribution < 1.29 is 0 Å². The second kappa shape index (κ2) is 5.66. The highest BCUT2D eigenvalue weighted by Gasteiger charge is 1.97. The number of rotatable bonds is 0. The van der Waals surface area contributed by atoms with Crippen LogP contribution in [0.1, 0.15) is 5.56 Å². The molecule has 0 aliphatic heterocycles. The summed E-state index contributed by atoms with van der Waals surface area (Å²) in [5.41, 5.74) is 8.08. The smallest absolute Gasteiger partial charge is 0.0789 e. The van der Waals surface area contributed by atoms with E-state index in [2.05, 4.69) is 0 Å². The summed E-state index contributed by atoms with van der Waals surface area (Å²) in [7, 11) is 0. The Morgan fingerprint density at radius 3 is 1.88 bits per heavy atom. The van der Waals surface area contributed by atoms with Crippen LogP contribution in [0.4, 0.5) is 5.69 Å². The number of hydrogen-bond donors (Lipinski definition) is 3. The van der Waals surface area contributed by atoms with Crippen molar-refractivity contribution in [2.45, 2.75) is 6.92 Å². The number of aryl methyl sites for hydroxylation is 1. The molecule has 0 spiro atoms. The third kappa shape index (κ3) is 3.92. The van der Waals surface area contributed by atoms with Gasteiger partial charge in [-0.05, 0) is 36.8 Å². The van der Waals surface area contributed by atoms with Gasteiger partial charge in [0.25, 0.3) is 0 Å². The third-order valence-corrected chi connectivity index (χ3v) is 1.97. The molecule has 0 fully saturated rings. The maximum absolute atomic E-state index is 7.03. The highest BCUT2D eigenvalue weighted by Crippen LogP contribution is 2.03. The normalized spacial score (nSPS) is 13.3. The van der Waals surface area contributed by atoms with Crippen molar-refractivity contribution in [1.82, 2.24) is 0 Å². The fourth-order valence-corrected chi connectivity index (χ4v) is 1.15. The molecule has 1 aliphatic carbocycles. The van der Waals surface area contributed by atoms with E-state index in [-0.39, 0.29) is 11.4 Å². The van der Waals surface area contributed by atoms with Gasteiger partial charge >= 0.3 is 0 Å². The van der Waals surface area contributed by atoms with Crippen LogP contribution in [0.25, 0.3) is 0 Å². The molecule has 0 radical (unpaired) electrons. The Hall–Kier alpha value is -2.16. The first-order valence-corrected chi connectivity index (χ1v) is 4.94. The van der Waals surface area contributed by atoms with Crippen LogP contribution in [0.15, 0.2) is 48.6 Å². The molecule has 0 saturated heterocycles. The molecule has 1 aromatic rings. The number of allylic oxidation sites excluding steroid dienone is 4. The highest BCUT2D eigenvalue weighted by atomic mass is 14.5. The molecule has 1 aromatic carbocycles. The van der Waals surface area contributed by atoms with Crippen molar-refractivity contribution >= 4 is 17.1 Å². The van der Waals surface area contributed by atoms with Crippen LogP contribution in [-0.4, -0.2) is 11.4 Å². The Bertz CT molecular complexity index is 417. The van der Waals surface area contributed by atoms with Crippen molar-refractivity contribution in [1.29, 1.82) is 10.8 Å². The zero-order valence-corrected chi connectivity index (χ0v) is 9.20. The van der Waals surface area contributed by atoms with E-state index in [1.54, 1.807) is 24.3 Å². The molecule has 0 bridgehead atoms. The van der Waals surface area contributed by atoms with Crippen LogP contribution in [0.5, 0.6) is 0 Å². The summed E-state index contributed by atoms with van der Waals surface area (Å²) in [4.78, 5) is 0. The van der Waals surface area contributed by atoms with Crippen LogP contribution in [-0.2, 0) is 0 Å². The van der Waals surface area contributed by atoms with Gasteiger partial charge in [-0.3, -0.25) is 10.8 Å². The minimum Gasteiger partial charge on any atom is -0.399 e. The van der Waals surface area contributed by atoms with Gasteiger partial charge in [0.1, 0.15) is 0 Å². The molecule has 82 valence electrons. The van der Waals surface area contributed by atoms with Gasteiger partial charge in [-0.2, -0.15) is 0 Å². The summed E-state index contributed by atoms with van der Waals surface area (Å²) < 4.78 is 0. The SMILES string of the molecule is Cc1cccc(N)c1.N=C1C=CC=CC1=N. The Balaban J connectivity index is 0.000000160. The minimum absolute atomic E-state index is 0.285. The predicted molar refractivity (Wildman–Crippen MR) is 69.3 cm³/mol. The maximum atomic E-state index is 7.03. The molecular formula is C13H15N3. The monoisotopic (exact) mass is 213 g/mol. The van der Waals surface area contributed by atoms with Gasteiger partial charge < -0.3 is 5.73 Å². The maximum Gasteiger partial charge on any atom is 0.0789 e. The quantitative estimate of drug-likeness (QED) is 0.450. The second-order valence-corrected chi connectivity index (χ2v) is 3.46. The predicted octanol–water partition coefficient (Wildman–Crippen LogP) is 2.73. The van der Waals surface area contributed by atoms with Crippen LogP contribution in [0.3, 0.4) is 0 Å². The van der Waals surface area contributed by atoms with E-state index in [4.69, 9.17) is 16.6 Å². The second-order valence-electron chi connectivity index (χ2n) is 3.46. The van der Waals surface area contributed by atoms with Crippen LogP contribution in [0, 0.1) is 17.7 Å². The molecule has 3 nitrogen and oxygen atoms in total. The van der Waals surface area contributed by atoms with Crippen molar-refractivity contribution in [2.75, 3.05) is 5.73 Å². The average Bonchev–Trinajstić information content (AvgIpc) is 2.23. The molecule has 0 atom stereocenters. The lowest BCUT2D eigenvalue weighted by Gasteiger charge is -1.96. The third-order valence-electron chi connectivity index (χ3n) is 1.97. The molecular weight excluding hydrogens is 198 g/mol. The number of nitrogens with two attached hydrogens (primary N) is 1. The van der Waals surface area contributed by atoms with E-state index in [1.807, 2.05) is 31.2 Å². The van der Waals surface area contributed by atoms with Crippen LogP contribution < -0.4 is 5.73 Å². The Kier molecular flexibility index (Phi) is 4.21. The molecule has 1 aliphatic rings. The molecule has 0 aromatic heterocycles. The van der Waals surface area contributed by atoms with Gasteiger partial charge in [0.05, 0.1) is 11.4 Å². The fourth-order valence-electron chi connectivity index (χ4n) is 1.15. The molecule has 2 rings (SSSR count). The highest BCUT2D eigenvalue weighted by molar-refractivity contribution is 6.48. The summed E-state index contributed by atoms with van der Waals surface area (Å²) in [6.07, 6.45) is 6.70. The number of nitrogen functional groups attached to an aromatic ring is 1. The molecule has 4 N–H and O–H groups in total. The topological polar surface area (TPSA) is 73.7 Å². The van der Waals surface area contributed by atoms with Gasteiger partial charge in [0.2, 0.25) is 0 Å². The summed E-state index contributed by atoms with van der Waals surface area (Å²) >= 11 is 0. The number of benzene rings is 1. The number of hydrogen-bond acceptors (Lipinski definition) is 3. The zero-order valence-electron chi connectivity index (χ0n) is 9.20. The van der Waals surface area contributed by atoms with Crippen molar-refractivity contribution in [3.8, 4) is 0 Å². The Labute approximate surface area is 95.3 Å². The molecule has 0 saturated carbocycles. The Morgan fingerprint density at radius 1 is 1.00 bits per heavy atom. The van der Waals surface area contributed by atoms with E-state index < -0.39 is 0 Å². The molecule has 3 heteroatoms. The van der Waals surface area contributed by atoms with E-state index in [1.165, 1.54) is 5.56 Å². The summed E-state index contributed by atoms with van der Waals surface area (Å²) in [6, 6.07) is 7.80. The van der Waals surface area contributed by atoms with Crippen LogP contribution >= 0.6 is 0 Å². The van der Waals surface area contributed by atoms with E-state index >= 15 is 0 Å². The first-order valence-electron chi connectivity index (χ1n) is 4.94. The summed E-state index contributed by atoms with van der Waals surface area (Å²) in [5, 5.41) is 14.1. The zero-order chi connectivity index (χ0) is 12.0. The van der Waals surface area contributed by atoms with Gasteiger partial charge in [-0.15, -0.1) is 0 Å². The fraction of sp³-hybridized carbons (Fsp3) is 0.0769. The molecule has 0 unspecified atom stereocenters.